The van der Waals surface area contributed by atoms with Gasteiger partial charge in [0.15, 0.2) is 0 Å². The molecule has 2 N–H and O–H groups in total. The topological polar surface area (TPSA) is 58.0 Å². The summed E-state index contributed by atoms with van der Waals surface area (Å²) in [6.07, 6.45) is 3.40. The van der Waals surface area contributed by atoms with E-state index in [2.05, 4.69) is 15.3 Å². The largest absolute Gasteiger partial charge is 0.508 e. The fourth-order valence-corrected chi connectivity index (χ4v) is 3.04. The summed E-state index contributed by atoms with van der Waals surface area (Å²) in [5.74, 6) is 0.486. The first-order chi connectivity index (χ1) is 12.7. The number of rotatable bonds is 4. The summed E-state index contributed by atoms with van der Waals surface area (Å²) in [6, 6.07) is 18.5. The van der Waals surface area contributed by atoms with E-state index < -0.39 is 6.04 Å². The zero-order valence-corrected chi connectivity index (χ0v) is 13.8. The Morgan fingerprint density at radius 3 is 2.42 bits per heavy atom. The van der Waals surface area contributed by atoms with Crippen LogP contribution in [0.3, 0.4) is 0 Å². The maximum Gasteiger partial charge on any atom is 0.126 e. The summed E-state index contributed by atoms with van der Waals surface area (Å²) in [5, 5.41) is 14.8. The van der Waals surface area contributed by atoms with E-state index in [0.29, 0.717) is 11.4 Å². The molecule has 0 aliphatic carbocycles. The van der Waals surface area contributed by atoms with Crippen molar-refractivity contribution in [2.45, 2.75) is 6.04 Å². The monoisotopic (exact) mass is 345 g/mol. The number of nitrogens with zero attached hydrogens (tertiary/aromatic N) is 2. The molecule has 2 heterocycles. The van der Waals surface area contributed by atoms with Gasteiger partial charge in [-0.25, -0.2) is 9.37 Å². The van der Waals surface area contributed by atoms with Crippen LogP contribution < -0.4 is 5.32 Å². The summed E-state index contributed by atoms with van der Waals surface area (Å²) in [7, 11) is 0. The lowest BCUT2D eigenvalue weighted by Gasteiger charge is -2.23. The Hall–Kier alpha value is -3.47. The number of aromatic hydroxyl groups is 1. The summed E-state index contributed by atoms with van der Waals surface area (Å²) < 4.78 is 13.4. The van der Waals surface area contributed by atoms with Crippen molar-refractivity contribution in [2.24, 2.45) is 0 Å². The van der Waals surface area contributed by atoms with Gasteiger partial charge in [-0.05, 0) is 48.0 Å². The van der Waals surface area contributed by atoms with Crippen molar-refractivity contribution >= 4 is 16.7 Å². The Morgan fingerprint density at radius 2 is 1.65 bits per heavy atom. The van der Waals surface area contributed by atoms with E-state index in [0.717, 1.165) is 16.5 Å². The van der Waals surface area contributed by atoms with Crippen LogP contribution in [0.2, 0.25) is 0 Å². The van der Waals surface area contributed by atoms with E-state index in [1.807, 2.05) is 30.3 Å². The van der Waals surface area contributed by atoms with Gasteiger partial charge < -0.3 is 10.4 Å². The summed E-state index contributed by atoms with van der Waals surface area (Å²) in [6.45, 7) is 0. The third-order valence-corrected chi connectivity index (χ3v) is 4.25. The normalized spacial score (nSPS) is 12.0. The number of aromatic nitrogens is 2. The molecule has 0 saturated heterocycles. The summed E-state index contributed by atoms with van der Waals surface area (Å²) in [4.78, 5) is 8.68. The number of hydrogen-bond acceptors (Lipinski definition) is 4. The second-order valence-electron chi connectivity index (χ2n) is 5.91. The number of phenolic OH excluding ortho intramolecular Hbond substituents is 1. The van der Waals surface area contributed by atoms with E-state index in [1.165, 1.54) is 12.1 Å². The highest BCUT2D eigenvalue weighted by Gasteiger charge is 2.21. The molecule has 0 fully saturated rings. The Labute approximate surface area is 150 Å². The lowest BCUT2D eigenvalue weighted by Crippen LogP contribution is -2.14. The van der Waals surface area contributed by atoms with Gasteiger partial charge in [0.25, 0.3) is 0 Å². The van der Waals surface area contributed by atoms with Crippen LogP contribution in [0.4, 0.5) is 10.2 Å². The van der Waals surface area contributed by atoms with Crippen LogP contribution >= 0.6 is 0 Å². The average Bonchev–Trinajstić information content (AvgIpc) is 2.68. The molecule has 0 amide bonds. The molecule has 0 spiro atoms. The van der Waals surface area contributed by atoms with Crippen LogP contribution in [0.1, 0.15) is 17.2 Å². The van der Waals surface area contributed by atoms with Crippen LogP contribution in [0, 0.1) is 5.82 Å². The molecule has 4 aromatic rings. The highest BCUT2D eigenvalue weighted by Crippen LogP contribution is 2.37. The van der Waals surface area contributed by atoms with Crippen LogP contribution in [-0.2, 0) is 0 Å². The molecule has 4 rings (SSSR count). The van der Waals surface area contributed by atoms with E-state index in [4.69, 9.17) is 0 Å². The second kappa shape index (κ2) is 6.80. The van der Waals surface area contributed by atoms with Gasteiger partial charge in [0.1, 0.15) is 17.4 Å². The maximum atomic E-state index is 13.4. The Kier molecular flexibility index (Phi) is 4.19. The van der Waals surface area contributed by atoms with Gasteiger partial charge in [0, 0.05) is 23.3 Å². The summed E-state index contributed by atoms with van der Waals surface area (Å²) in [5.41, 5.74) is 2.26. The molecular formula is C21H16FN3O. The zero-order valence-electron chi connectivity index (χ0n) is 13.8. The van der Waals surface area contributed by atoms with E-state index in [-0.39, 0.29) is 11.6 Å². The second-order valence-corrected chi connectivity index (χ2v) is 5.91. The minimum absolute atomic E-state index is 0.142. The molecule has 128 valence electrons. The predicted molar refractivity (Wildman–Crippen MR) is 99.5 cm³/mol. The third-order valence-electron chi connectivity index (χ3n) is 4.25. The van der Waals surface area contributed by atoms with E-state index in [9.17, 15) is 9.50 Å². The Balaban J connectivity index is 1.91. The van der Waals surface area contributed by atoms with Crippen molar-refractivity contribution in [3.05, 3.63) is 96.1 Å². The van der Waals surface area contributed by atoms with Gasteiger partial charge in [0.05, 0.1) is 11.6 Å². The van der Waals surface area contributed by atoms with Crippen LogP contribution in [0.15, 0.2) is 79.1 Å². The molecule has 0 radical (unpaired) electrons. The fourth-order valence-electron chi connectivity index (χ4n) is 3.04. The number of halogens is 1. The van der Waals surface area contributed by atoms with Gasteiger partial charge in [0.2, 0.25) is 0 Å². The lowest BCUT2D eigenvalue weighted by molar-refractivity contribution is 0.468. The van der Waals surface area contributed by atoms with Crippen molar-refractivity contribution in [3.8, 4) is 5.75 Å². The molecule has 1 atom stereocenters. The van der Waals surface area contributed by atoms with E-state index >= 15 is 0 Å². The Bertz CT molecular complexity index is 1040. The van der Waals surface area contributed by atoms with Crippen LogP contribution in [-0.4, -0.2) is 15.1 Å². The molecule has 5 heteroatoms. The van der Waals surface area contributed by atoms with Crippen molar-refractivity contribution in [3.63, 3.8) is 0 Å². The average molecular weight is 345 g/mol. The molecule has 0 aliphatic heterocycles. The first kappa shape index (κ1) is 16.0. The zero-order chi connectivity index (χ0) is 17.9. The number of anilines is 1. The highest BCUT2D eigenvalue weighted by molar-refractivity contribution is 5.86. The van der Waals surface area contributed by atoms with Gasteiger partial charge in [-0.2, -0.15) is 0 Å². The number of benzene rings is 2. The van der Waals surface area contributed by atoms with Crippen LogP contribution in [0.25, 0.3) is 10.9 Å². The molecule has 0 aliphatic rings. The number of nitrogens with one attached hydrogen (secondary N) is 1. The maximum absolute atomic E-state index is 13.4. The molecule has 0 unspecified atom stereocenters. The third kappa shape index (κ3) is 3.07. The minimum Gasteiger partial charge on any atom is -0.508 e. The molecule has 26 heavy (non-hydrogen) atoms. The first-order valence-electron chi connectivity index (χ1n) is 8.22. The SMILES string of the molecule is Oc1ccc2ncccc2c1[C@H](Nc1ccccn1)c1ccc(F)cc1. The summed E-state index contributed by atoms with van der Waals surface area (Å²) >= 11 is 0. The number of phenols is 1. The van der Waals surface area contributed by atoms with Gasteiger partial charge in [-0.3, -0.25) is 4.98 Å². The number of pyridine rings is 2. The smallest absolute Gasteiger partial charge is 0.126 e. The Morgan fingerprint density at radius 1 is 0.846 bits per heavy atom. The standard InChI is InChI=1S/C21H16FN3O/c22-15-8-6-14(7-9-15)21(25-19-5-1-2-12-24-19)20-16-4-3-13-23-17(16)10-11-18(20)26/h1-13,21,26H,(H,24,25)/t21-/m1/s1. The number of hydrogen-bond donors (Lipinski definition) is 2. The molecule has 4 nitrogen and oxygen atoms in total. The van der Waals surface area contributed by atoms with Crippen molar-refractivity contribution in [2.75, 3.05) is 5.32 Å². The van der Waals surface area contributed by atoms with Gasteiger partial charge in [-0.1, -0.05) is 24.3 Å². The minimum atomic E-state index is -0.418. The van der Waals surface area contributed by atoms with Crippen LogP contribution in [0.5, 0.6) is 5.75 Å². The number of fused-ring (bicyclic) bond motifs is 1. The predicted octanol–water partition coefficient (Wildman–Crippen LogP) is 4.68. The molecule has 2 aromatic heterocycles. The van der Waals surface area contributed by atoms with Gasteiger partial charge in [-0.15, -0.1) is 0 Å². The lowest BCUT2D eigenvalue weighted by atomic mass is 9.94. The molecular weight excluding hydrogens is 329 g/mol. The molecule has 0 saturated carbocycles. The van der Waals surface area contributed by atoms with Crippen molar-refractivity contribution in [1.82, 2.24) is 9.97 Å². The fraction of sp³-hybridized carbons (Fsp3) is 0.0476. The molecule has 2 aromatic carbocycles. The molecule has 0 bridgehead atoms. The van der Waals surface area contributed by atoms with Crippen molar-refractivity contribution in [1.29, 1.82) is 0 Å². The van der Waals surface area contributed by atoms with E-state index in [1.54, 1.807) is 36.7 Å². The highest BCUT2D eigenvalue weighted by atomic mass is 19.1. The van der Waals surface area contributed by atoms with Crippen molar-refractivity contribution < 1.29 is 9.50 Å². The first-order valence-corrected chi connectivity index (χ1v) is 8.22. The van der Waals surface area contributed by atoms with Gasteiger partial charge >= 0.3 is 0 Å². The quantitative estimate of drug-likeness (QED) is 0.564.